The molecule has 0 radical (unpaired) electrons. The van der Waals surface area contributed by atoms with Gasteiger partial charge in [0.1, 0.15) is 6.10 Å². The number of hydrogen-bond acceptors (Lipinski definition) is 4. The van der Waals surface area contributed by atoms with Crippen LogP contribution in [0.1, 0.15) is 12.0 Å². The van der Waals surface area contributed by atoms with Crippen molar-refractivity contribution < 1.29 is 12.6 Å². The molecule has 6 heteroatoms. The van der Waals surface area contributed by atoms with Crippen molar-refractivity contribution in [1.29, 1.82) is 5.26 Å². The summed E-state index contributed by atoms with van der Waals surface area (Å²) in [6.07, 6.45) is -0.873. The van der Waals surface area contributed by atoms with Crippen LogP contribution in [0.5, 0.6) is 0 Å². The van der Waals surface area contributed by atoms with Crippen molar-refractivity contribution in [2.24, 2.45) is 0 Å². The Morgan fingerprint density at radius 1 is 1.41 bits per heavy atom. The van der Waals surface area contributed by atoms with Crippen LogP contribution in [-0.4, -0.2) is 20.4 Å². The van der Waals surface area contributed by atoms with E-state index in [1.807, 2.05) is 13.0 Å². The van der Waals surface area contributed by atoms with E-state index < -0.39 is 16.2 Å². The predicted molar refractivity (Wildman–Crippen MR) is 64.2 cm³/mol. The number of halogens is 1. The minimum absolute atomic E-state index is 0.0430. The van der Waals surface area contributed by atoms with E-state index in [0.29, 0.717) is 0 Å². The molecule has 0 aliphatic heterocycles. The molecule has 1 aromatic carbocycles. The van der Waals surface area contributed by atoms with Gasteiger partial charge in [-0.2, -0.15) is 13.7 Å². The van der Waals surface area contributed by atoms with E-state index >= 15 is 0 Å². The van der Waals surface area contributed by atoms with Gasteiger partial charge in [-0.3, -0.25) is 4.18 Å². The third-order valence-electron chi connectivity index (χ3n) is 2.06. The fraction of sp³-hybridized carbons (Fsp3) is 0.364. The van der Waals surface area contributed by atoms with E-state index in [9.17, 15) is 8.42 Å². The van der Waals surface area contributed by atoms with Crippen LogP contribution in [0.3, 0.4) is 0 Å². The molecule has 0 aliphatic carbocycles. The first-order valence-corrected chi connectivity index (χ1v) is 6.86. The molecule has 0 N–H and O–H groups in total. The molecule has 0 aromatic heterocycles. The Kier molecular flexibility index (Phi) is 4.94. The van der Waals surface area contributed by atoms with E-state index in [1.165, 1.54) is 12.1 Å². The number of nitrogens with zero attached hydrogens (tertiary/aromatic N) is 1. The van der Waals surface area contributed by atoms with Crippen LogP contribution in [0.4, 0.5) is 0 Å². The molecule has 1 atom stereocenters. The van der Waals surface area contributed by atoms with Gasteiger partial charge in [-0.25, -0.2) is 0 Å². The van der Waals surface area contributed by atoms with Gasteiger partial charge < -0.3 is 0 Å². The number of rotatable bonds is 5. The molecule has 0 amide bonds. The zero-order valence-corrected chi connectivity index (χ0v) is 10.8. The Morgan fingerprint density at radius 2 is 2.00 bits per heavy atom. The summed E-state index contributed by atoms with van der Waals surface area (Å²) < 4.78 is 28.5. The zero-order valence-electron chi connectivity index (χ0n) is 9.26. The summed E-state index contributed by atoms with van der Waals surface area (Å²) in [6, 6.07) is 8.10. The van der Waals surface area contributed by atoms with Crippen LogP contribution in [0.25, 0.3) is 0 Å². The third-order valence-corrected chi connectivity index (χ3v) is 3.78. The lowest BCUT2D eigenvalue weighted by Crippen LogP contribution is -2.19. The van der Waals surface area contributed by atoms with Crippen LogP contribution >= 0.6 is 11.6 Å². The summed E-state index contributed by atoms with van der Waals surface area (Å²) >= 11 is 5.52. The second kappa shape index (κ2) is 6.01. The Balaban J connectivity index is 2.89. The number of aryl methyl sites for hydroxylation is 1. The highest BCUT2D eigenvalue weighted by molar-refractivity contribution is 7.86. The van der Waals surface area contributed by atoms with E-state index in [2.05, 4.69) is 0 Å². The third kappa shape index (κ3) is 4.00. The van der Waals surface area contributed by atoms with Gasteiger partial charge >= 0.3 is 0 Å². The molecular weight excluding hydrogens is 262 g/mol. The lowest BCUT2D eigenvalue weighted by Gasteiger charge is -2.11. The number of nitriles is 1. The molecule has 0 saturated carbocycles. The van der Waals surface area contributed by atoms with Gasteiger partial charge in [0, 0.05) is 0 Å². The van der Waals surface area contributed by atoms with Crippen LogP contribution in [0.2, 0.25) is 0 Å². The summed E-state index contributed by atoms with van der Waals surface area (Å²) in [5.41, 5.74) is 0.954. The molecule has 0 fully saturated rings. The maximum atomic E-state index is 11.8. The van der Waals surface area contributed by atoms with Crippen LogP contribution in [0.15, 0.2) is 29.2 Å². The van der Waals surface area contributed by atoms with E-state index in [0.717, 1.165) is 5.56 Å². The maximum Gasteiger partial charge on any atom is 0.297 e. The molecule has 0 bridgehead atoms. The van der Waals surface area contributed by atoms with E-state index in [1.54, 1.807) is 12.1 Å². The lowest BCUT2D eigenvalue weighted by atomic mass is 10.2. The molecular formula is C11H12ClNO3S. The van der Waals surface area contributed by atoms with Crippen molar-refractivity contribution in [1.82, 2.24) is 0 Å². The van der Waals surface area contributed by atoms with Gasteiger partial charge in [-0.15, -0.1) is 11.6 Å². The van der Waals surface area contributed by atoms with Crippen molar-refractivity contribution in [3.63, 3.8) is 0 Å². The molecule has 1 unspecified atom stereocenters. The normalized spacial score (nSPS) is 13.0. The monoisotopic (exact) mass is 273 g/mol. The smallest absolute Gasteiger partial charge is 0.261 e. The number of benzene rings is 1. The molecule has 1 aromatic rings. The van der Waals surface area contributed by atoms with Crippen LogP contribution in [0, 0.1) is 18.3 Å². The molecule has 0 heterocycles. The van der Waals surface area contributed by atoms with Crippen molar-refractivity contribution >= 4 is 21.7 Å². The molecule has 17 heavy (non-hydrogen) atoms. The first-order valence-electron chi connectivity index (χ1n) is 4.92. The molecule has 92 valence electrons. The summed E-state index contributed by atoms with van der Waals surface area (Å²) in [5, 5.41) is 8.49. The highest BCUT2D eigenvalue weighted by atomic mass is 35.5. The topological polar surface area (TPSA) is 67.2 Å². The lowest BCUT2D eigenvalue weighted by molar-refractivity contribution is 0.237. The Morgan fingerprint density at radius 3 is 2.47 bits per heavy atom. The summed E-state index contributed by atoms with van der Waals surface area (Å²) in [4.78, 5) is 0.0659. The van der Waals surface area contributed by atoms with Gasteiger partial charge in [-0.05, 0) is 19.1 Å². The van der Waals surface area contributed by atoms with Gasteiger partial charge in [0.2, 0.25) is 0 Å². The van der Waals surface area contributed by atoms with Gasteiger partial charge in [0.15, 0.2) is 0 Å². The average Bonchev–Trinajstić information content (AvgIpc) is 2.28. The Labute approximate surface area is 106 Å². The maximum absolute atomic E-state index is 11.8. The fourth-order valence-corrected chi connectivity index (χ4v) is 2.48. The fourth-order valence-electron chi connectivity index (χ4n) is 1.16. The van der Waals surface area contributed by atoms with Crippen LogP contribution < -0.4 is 0 Å². The molecule has 4 nitrogen and oxygen atoms in total. The largest absolute Gasteiger partial charge is 0.297 e. The quantitative estimate of drug-likeness (QED) is 0.609. The standard InChI is InChI=1S/C11H12ClNO3S/c1-9-2-4-11(5-3-9)17(14,15)16-10(8-12)6-7-13/h2-5,10H,6,8H2,1H3. The minimum atomic E-state index is -3.85. The molecule has 0 aliphatic rings. The summed E-state index contributed by atoms with van der Waals surface area (Å²) in [5.74, 6) is -0.0430. The molecule has 1 rings (SSSR count). The average molecular weight is 274 g/mol. The van der Waals surface area contributed by atoms with E-state index in [-0.39, 0.29) is 17.2 Å². The summed E-state index contributed by atoms with van der Waals surface area (Å²) in [6.45, 7) is 1.86. The minimum Gasteiger partial charge on any atom is -0.261 e. The van der Waals surface area contributed by atoms with Gasteiger partial charge in [-0.1, -0.05) is 17.7 Å². The predicted octanol–water partition coefficient (Wildman–Crippen LogP) is 2.22. The van der Waals surface area contributed by atoms with Crippen molar-refractivity contribution in [2.45, 2.75) is 24.3 Å². The number of hydrogen-bond donors (Lipinski definition) is 0. The van der Waals surface area contributed by atoms with Crippen molar-refractivity contribution in [3.05, 3.63) is 29.8 Å². The summed E-state index contributed by atoms with van der Waals surface area (Å²) in [7, 11) is -3.85. The SMILES string of the molecule is Cc1ccc(S(=O)(=O)OC(CCl)CC#N)cc1. The second-order valence-electron chi connectivity index (χ2n) is 3.50. The first-order chi connectivity index (χ1) is 7.99. The highest BCUT2D eigenvalue weighted by Crippen LogP contribution is 2.16. The second-order valence-corrected chi connectivity index (χ2v) is 5.38. The van der Waals surface area contributed by atoms with Crippen molar-refractivity contribution in [3.8, 4) is 6.07 Å². The van der Waals surface area contributed by atoms with Gasteiger partial charge in [0.25, 0.3) is 10.1 Å². The number of alkyl halides is 1. The van der Waals surface area contributed by atoms with Crippen molar-refractivity contribution in [2.75, 3.05) is 5.88 Å². The van der Waals surface area contributed by atoms with Crippen LogP contribution in [-0.2, 0) is 14.3 Å². The molecule has 0 spiro atoms. The van der Waals surface area contributed by atoms with Gasteiger partial charge in [0.05, 0.1) is 23.3 Å². The zero-order chi connectivity index (χ0) is 12.9. The molecule has 0 saturated heterocycles. The first kappa shape index (κ1) is 14.0. The highest BCUT2D eigenvalue weighted by Gasteiger charge is 2.20. The van der Waals surface area contributed by atoms with E-state index in [4.69, 9.17) is 21.0 Å². The Bertz CT molecular complexity index is 505. The Hall–Kier alpha value is -1.09.